The van der Waals surface area contributed by atoms with E-state index in [2.05, 4.69) is 9.97 Å². The maximum absolute atomic E-state index is 13.3. The molecule has 1 atom stereocenters. The van der Waals surface area contributed by atoms with Gasteiger partial charge >= 0.3 is 0 Å². The van der Waals surface area contributed by atoms with Gasteiger partial charge in [-0.25, -0.2) is 4.98 Å². The molecule has 25 heavy (non-hydrogen) atoms. The van der Waals surface area contributed by atoms with Crippen LogP contribution in [0.2, 0.25) is 0 Å². The number of carbonyl (C=O) groups excluding carboxylic acids is 2. The van der Waals surface area contributed by atoms with Gasteiger partial charge in [-0.3, -0.25) is 14.5 Å². The molecule has 0 bridgehead atoms. The van der Waals surface area contributed by atoms with Gasteiger partial charge in [-0.1, -0.05) is 13.3 Å². The van der Waals surface area contributed by atoms with Crippen LogP contribution in [-0.4, -0.2) is 34.3 Å². The van der Waals surface area contributed by atoms with Gasteiger partial charge in [0.25, 0.3) is 5.91 Å². The van der Waals surface area contributed by atoms with Gasteiger partial charge in [0.1, 0.15) is 17.5 Å². The minimum absolute atomic E-state index is 0.0198. The molecule has 0 spiro atoms. The number of carbonyl (C=O) groups is 2. The summed E-state index contributed by atoms with van der Waals surface area (Å²) in [5.74, 6) is 0.291. The van der Waals surface area contributed by atoms with Crippen LogP contribution in [-0.2, 0) is 6.42 Å². The SMILES string of the molecule is CCCc1c(C(=O)N2C[C@H](C)Oc3ncccc32)[nH]c(C)c1C(C)=O. The van der Waals surface area contributed by atoms with Crippen molar-refractivity contribution in [2.75, 3.05) is 11.4 Å². The topological polar surface area (TPSA) is 75.3 Å². The first-order valence-electron chi connectivity index (χ1n) is 8.59. The molecule has 2 aromatic rings. The molecule has 0 fully saturated rings. The maximum atomic E-state index is 13.3. The van der Waals surface area contributed by atoms with Crippen molar-refractivity contribution < 1.29 is 14.3 Å². The zero-order valence-corrected chi connectivity index (χ0v) is 15.0. The summed E-state index contributed by atoms with van der Waals surface area (Å²) in [5.41, 5.74) is 3.34. The fraction of sp³-hybridized carbons (Fsp3) is 0.421. The number of H-pyrrole nitrogens is 1. The van der Waals surface area contributed by atoms with E-state index in [4.69, 9.17) is 4.74 Å². The Morgan fingerprint density at radius 3 is 2.88 bits per heavy atom. The molecular weight excluding hydrogens is 318 g/mol. The molecule has 0 aromatic carbocycles. The standard InChI is InChI=1S/C19H23N3O3/c1-5-7-14-16(13(4)23)12(3)21-17(14)19(24)22-10-11(2)25-18-15(22)8-6-9-20-18/h6,8-9,11,21H,5,7,10H2,1-4H3/t11-/m0/s1. The van der Waals surface area contributed by atoms with E-state index in [0.717, 1.165) is 17.7 Å². The predicted octanol–water partition coefficient (Wildman–Crippen LogP) is 3.30. The van der Waals surface area contributed by atoms with Gasteiger partial charge in [0, 0.05) is 17.5 Å². The fourth-order valence-corrected chi connectivity index (χ4v) is 3.42. The van der Waals surface area contributed by atoms with E-state index >= 15 is 0 Å². The van der Waals surface area contributed by atoms with Gasteiger partial charge in [-0.05, 0) is 44.9 Å². The summed E-state index contributed by atoms with van der Waals surface area (Å²) in [4.78, 5) is 34.4. The highest BCUT2D eigenvalue weighted by molar-refractivity contribution is 6.09. The molecule has 0 unspecified atom stereocenters. The second-order valence-corrected chi connectivity index (χ2v) is 6.46. The number of aromatic amines is 1. The van der Waals surface area contributed by atoms with Crippen molar-refractivity contribution in [3.05, 3.63) is 40.8 Å². The van der Waals surface area contributed by atoms with E-state index in [9.17, 15) is 9.59 Å². The van der Waals surface area contributed by atoms with Crippen LogP contribution in [0.5, 0.6) is 5.88 Å². The van der Waals surface area contributed by atoms with E-state index in [1.807, 2.05) is 26.8 Å². The van der Waals surface area contributed by atoms with Gasteiger partial charge < -0.3 is 9.72 Å². The van der Waals surface area contributed by atoms with Crippen LogP contribution in [0.3, 0.4) is 0 Å². The van der Waals surface area contributed by atoms with Crippen LogP contribution in [0.4, 0.5) is 5.69 Å². The number of nitrogens with one attached hydrogen (secondary N) is 1. The lowest BCUT2D eigenvalue weighted by atomic mass is 10.0. The average Bonchev–Trinajstić information content (AvgIpc) is 2.90. The molecule has 6 heteroatoms. The smallest absolute Gasteiger partial charge is 0.275 e. The molecule has 1 aliphatic rings. The highest BCUT2D eigenvalue weighted by Crippen LogP contribution is 2.33. The Hall–Kier alpha value is -2.63. The number of fused-ring (bicyclic) bond motifs is 1. The summed E-state index contributed by atoms with van der Waals surface area (Å²) in [6, 6.07) is 3.61. The van der Waals surface area contributed by atoms with Crippen molar-refractivity contribution >= 4 is 17.4 Å². The molecule has 2 aromatic heterocycles. The largest absolute Gasteiger partial charge is 0.471 e. The Bertz CT molecular complexity index is 825. The number of rotatable bonds is 4. The third-order valence-electron chi connectivity index (χ3n) is 4.40. The molecule has 132 valence electrons. The summed E-state index contributed by atoms with van der Waals surface area (Å²) in [6.45, 7) is 7.77. The van der Waals surface area contributed by atoms with Crippen LogP contribution < -0.4 is 9.64 Å². The second-order valence-electron chi connectivity index (χ2n) is 6.46. The molecule has 0 saturated carbocycles. The van der Waals surface area contributed by atoms with Crippen LogP contribution in [0.1, 0.15) is 59.3 Å². The quantitative estimate of drug-likeness (QED) is 0.866. The number of hydrogen-bond donors (Lipinski definition) is 1. The normalized spacial score (nSPS) is 16.3. The summed E-state index contributed by atoms with van der Waals surface area (Å²) in [6.07, 6.45) is 3.04. The third kappa shape index (κ3) is 3.04. The number of aryl methyl sites for hydroxylation is 1. The highest BCUT2D eigenvalue weighted by atomic mass is 16.5. The van der Waals surface area contributed by atoms with E-state index in [1.54, 1.807) is 24.1 Å². The maximum Gasteiger partial charge on any atom is 0.275 e. The van der Waals surface area contributed by atoms with Crippen molar-refractivity contribution in [2.45, 2.75) is 46.6 Å². The zero-order chi connectivity index (χ0) is 18.1. The summed E-state index contributed by atoms with van der Waals surface area (Å²) in [5, 5.41) is 0. The number of nitrogens with zero attached hydrogens (tertiary/aromatic N) is 2. The number of hydrogen-bond acceptors (Lipinski definition) is 4. The lowest BCUT2D eigenvalue weighted by Crippen LogP contribution is -2.43. The molecule has 0 radical (unpaired) electrons. The minimum Gasteiger partial charge on any atom is -0.471 e. The molecule has 0 aliphatic carbocycles. The first-order valence-corrected chi connectivity index (χ1v) is 8.59. The Balaban J connectivity index is 2.07. The molecule has 1 N–H and O–H groups in total. The van der Waals surface area contributed by atoms with Crippen LogP contribution in [0.25, 0.3) is 0 Å². The van der Waals surface area contributed by atoms with Crippen LogP contribution >= 0.6 is 0 Å². The molecule has 0 saturated heterocycles. The predicted molar refractivity (Wildman–Crippen MR) is 95.5 cm³/mol. The number of aromatic nitrogens is 2. The van der Waals surface area contributed by atoms with E-state index in [0.29, 0.717) is 35.8 Å². The Morgan fingerprint density at radius 2 is 2.20 bits per heavy atom. The van der Waals surface area contributed by atoms with Crippen LogP contribution in [0, 0.1) is 6.92 Å². The fourth-order valence-electron chi connectivity index (χ4n) is 3.42. The Labute approximate surface area is 147 Å². The van der Waals surface area contributed by atoms with Gasteiger partial charge in [0.05, 0.1) is 6.54 Å². The number of pyridine rings is 1. The van der Waals surface area contributed by atoms with Gasteiger partial charge in [-0.2, -0.15) is 0 Å². The molecule has 1 aliphatic heterocycles. The van der Waals surface area contributed by atoms with E-state index in [-0.39, 0.29) is 17.8 Å². The van der Waals surface area contributed by atoms with Crippen molar-refractivity contribution in [1.82, 2.24) is 9.97 Å². The summed E-state index contributed by atoms with van der Waals surface area (Å²) < 4.78 is 5.72. The minimum atomic E-state index is -0.150. The second kappa shape index (κ2) is 6.70. The monoisotopic (exact) mass is 341 g/mol. The van der Waals surface area contributed by atoms with Crippen LogP contribution in [0.15, 0.2) is 18.3 Å². The van der Waals surface area contributed by atoms with Crippen molar-refractivity contribution in [3.8, 4) is 5.88 Å². The number of ether oxygens (including phenoxy) is 1. The first kappa shape index (κ1) is 17.2. The third-order valence-corrected chi connectivity index (χ3v) is 4.40. The van der Waals surface area contributed by atoms with Crippen molar-refractivity contribution in [2.24, 2.45) is 0 Å². The number of amides is 1. The number of ketones is 1. The summed E-state index contributed by atoms with van der Waals surface area (Å²) in [7, 11) is 0. The summed E-state index contributed by atoms with van der Waals surface area (Å²) >= 11 is 0. The van der Waals surface area contributed by atoms with Gasteiger partial charge in [0.15, 0.2) is 5.78 Å². The lowest BCUT2D eigenvalue weighted by Gasteiger charge is -2.32. The van der Waals surface area contributed by atoms with Gasteiger partial charge in [-0.15, -0.1) is 0 Å². The van der Waals surface area contributed by atoms with E-state index < -0.39 is 0 Å². The zero-order valence-electron chi connectivity index (χ0n) is 15.0. The Morgan fingerprint density at radius 1 is 1.44 bits per heavy atom. The molecule has 3 heterocycles. The number of anilines is 1. The van der Waals surface area contributed by atoms with Crippen molar-refractivity contribution in [1.29, 1.82) is 0 Å². The number of Topliss-reactive ketones (excluding diaryl/α,β-unsaturated/α-hetero) is 1. The first-order chi connectivity index (χ1) is 11.9. The molecule has 3 rings (SSSR count). The van der Waals surface area contributed by atoms with E-state index in [1.165, 1.54) is 0 Å². The van der Waals surface area contributed by atoms with Crippen molar-refractivity contribution in [3.63, 3.8) is 0 Å². The molecule has 1 amide bonds. The molecular formula is C19H23N3O3. The van der Waals surface area contributed by atoms with Gasteiger partial charge in [0.2, 0.25) is 5.88 Å². The molecule has 6 nitrogen and oxygen atoms in total. The Kier molecular flexibility index (Phi) is 4.61. The average molecular weight is 341 g/mol. The lowest BCUT2D eigenvalue weighted by molar-refractivity contribution is 0.0953. The highest BCUT2D eigenvalue weighted by Gasteiger charge is 2.32.